The summed E-state index contributed by atoms with van der Waals surface area (Å²) in [6, 6.07) is 0. The molecule has 0 aromatic carbocycles. The molecule has 2 nitrogen and oxygen atoms in total. The summed E-state index contributed by atoms with van der Waals surface area (Å²) < 4.78 is 0. The first-order valence-corrected chi connectivity index (χ1v) is 1.72. The number of allylic oxidation sites excluding steroid dienone is 1. The summed E-state index contributed by atoms with van der Waals surface area (Å²) in [4.78, 5) is 9.46. The van der Waals surface area contributed by atoms with Crippen LogP contribution in [0.15, 0.2) is 12.3 Å². The number of carbonyl (C=O) groups is 1. The first-order valence-electron chi connectivity index (χ1n) is 1.72. The molecule has 6 heavy (non-hydrogen) atoms. The average Bonchev–Trinajstić information content (AvgIpc) is 1.61. The van der Waals surface area contributed by atoms with E-state index in [0.29, 0.717) is 6.42 Å². The predicted octanol–water partition coefficient (Wildman–Crippen LogP) is 0.0478. The fraction of sp³-hybridized carbons (Fsp3) is 0.250. The van der Waals surface area contributed by atoms with Gasteiger partial charge in [0.05, 0.1) is 0 Å². The second-order valence-electron chi connectivity index (χ2n) is 0.831. The Labute approximate surface area is 36.6 Å². The van der Waals surface area contributed by atoms with Gasteiger partial charge in [-0.15, -0.1) is 0 Å². The Morgan fingerprint density at radius 2 is 2.33 bits per heavy atom. The van der Waals surface area contributed by atoms with E-state index in [-0.39, 0.29) is 0 Å². The summed E-state index contributed by atoms with van der Waals surface area (Å²) in [5.41, 5.74) is 4.88. The molecule has 34 valence electrons. The Bertz CT molecular complexity index is 58.6. The first-order chi connectivity index (χ1) is 2.91. The van der Waals surface area contributed by atoms with Crippen LogP contribution in [0.1, 0.15) is 6.42 Å². The van der Waals surface area contributed by atoms with Crippen molar-refractivity contribution in [2.45, 2.75) is 6.42 Å². The van der Waals surface area contributed by atoms with E-state index in [4.69, 9.17) is 5.73 Å². The molecule has 0 aliphatic rings. The van der Waals surface area contributed by atoms with Crippen LogP contribution < -0.4 is 5.73 Å². The summed E-state index contributed by atoms with van der Waals surface area (Å²) in [5.74, 6) is 0. The maximum Gasteiger partial charge on any atom is 0.123 e. The molecule has 0 rings (SSSR count). The molecular weight excluding hydrogens is 78.0 g/mol. The van der Waals surface area contributed by atoms with Gasteiger partial charge in [-0.05, 0) is 6.20 Å². The molecule has 0 bridgehead atoms. The highest BCUT2D eigenvalue weighted by atomic mass is 16.1. The van der Waals surface area contributed by atoms with Gasteiger partial charge in [-0.2, -0.15) is 0 Å². The number of hydrogen-bond donors (Lipinski definition) is 1. The fourth-order valence-corrected chi connectivity index (χ4v) is 0.134. The van der Waals surface area contributed by atoms with Crippen LogP contribution in [-0.4, -0.2) is 6.29 Å². The van der Waals surface area contributed by atoms with Crippen LogP contribution in [0.2, 0.25) is 0 Å². The van der Waals surface area contributed by atoms with Gasteiger partial charge in [0.15, 0.2) is 0 Å². The van der Waals surface area contributed by atoms with Crippen molar-refractivity contribution in [2.24, 2.45) is 5.73 Å². The first kappa shape index (κ1) is 5.21. The minimum atomic E-state index is 0.427. The lowest BCUT2D eigenvalue weighted by Crippen LogP contribution is -1.75. The third kappa shape index (κ3) is 3.21. The smallest absolute Gasteiger partial charge is 0.123 e. The topological polar surface area (TPSA) is 43.1 Å². The quantitative estimate of drug-likeness (QED) is 0.481. The molecule has 0 aromatic heterocycles. The van der Waals surface area contributed by atoms with E-state index in [1.54, 1.807) is 6.08 Å². The molecular formula is C4H7NO. The highest BCUT2D eigenvalue weighted by Crippen LogP contribution is 1.67. The normalized spacial score (nSPS) is 9.33. The number of hydrogen-bond acceptors (Lipinski definition) is 2. The minimum absolute atomic E-state index is 0.427. The standard InChI is InChI=1S/C4H7NO/c5-3-1-2-4-6/h1,3-4H,2,5H2. The minimum Gasteiger partial charge on any atom is -0.405 e. The van der Waals surface area contributed by atoms with Crippen LogP contribution >= 0.6 is 0 Å². The molecule has 0 aromatic rings. The number of rotatable bonds is 2. The van der Waals surface area contributed by atoms with Crippen molar-refractivity contribution in [1.82, 2.24) is 0 Å². The van der Waals surface area contributed by atoms with Crippen LogP contribution in [-0.2, 0) is 4.79 Å². The maximum absolute atomic E-state index is 9.46. The van der Waals surface area contributed by atoms with Gasteiger partial charge >= 0.3 is 0 Å². The van der Waals surface area contributed by atoms with E-state index in [0.717, 1.165) is 6.29 Å². The second kappa shape index (κ2) is 4.21. The summed E-state index contributed by atoms with van der Waals surface area (Å²) >= 11 is 0. The zero-order valence-corrected chi connectivity index (χ0v) is 3.42. The van der Waals surface area contributed by atoms with Crippen molar-refractivity contribution < 1.29 is 4.79 Å². The lowest BCUT2D eigenvalue weighted by atomic mass is 10.5. The molecule has 2 heteroatoms. The van der Waals surface area contributed by atoms with Gasteiger partial charge in [0, 0.05) is 6.42 Å². The van der Waals surface area contributed by atoms with Crippen molar-refractivity contribution >= 4 is 6.29 Å². The Kier molecular flexibility index (Phi) is 3.66. The molecule has 0 radical (unpaired) electrons. The van der Waals surface area contributed by atoms with Gasteiger partial charge in [-0.3, -0.25) is 0 Å². The number of nitrogens with two attached hydrogens (primary N) is 1. The largest absolute Gasteiger partial charge is 0.405 e. The predicted molar refractivity (Wildman–Crippen MR) is 24.0 cm³/mol. The van der Waals surface area contributed by atoms with Gasteiger partial charge in [0.1, 0.15) is 6.29 Å². The molecule has 0 heterocycles. The molecule has 0 aliphatic heterocycles. The third-order valence-corrected chi connectivity index (χ3v) is 0.368. The third-order valence-electron chi connectivity index (χ3n) is 0.368. The van der Waals surface area contributed by atoms with Gasteiger partial charge in [-0.25, -0.2) is 0 Å². The van der Waals surface area contributed by atoms with Gasteiger partial charge in [0.2, 0.25) is 0 Å². The lowest BCUT2D eigenvalue weighted by molar-refractivity contribution is -0.107. The molecule has 0 fully saturated rings. The molecule has 0 unspecified atom stereocenters. The fourth-order valence-electron chi connectivity index (χ4n) is 0.134. The van der Waals surface area contributed by atoms with Crippen LogP contribution in [0, 0.1) is 0 Å². The number of carbonyl (C=O) groups excluding carboxylic acids is 1. The zero-order valence-electron chi connectivity index (χ0n) is 3.42. The molecule has 0 aliphatic carbocycles. The Morgan fingerprint density at radius 1 is 1.67 bits per heavy atom. The van der Waals surface area contributed by atoms with E-state index in [2.05, 4.69) is 0 Å². The average molecular weight is 85.1 g/mol. The van der Waals surface area contributed by atoms with Crippen molar-refractivity contribution in [3.05, 3.63) is 12.3 Å². The highest BCUT2D eigenvalue weighted by Gasteiger charge is 1.63. The monoisotopic (exact) mass is 85.1 g/mol. The van der Waals surface area contributed by atoms with E-state index in [1.165, 1.54) is 6.20 Å². The van der Waals surface area contributed by atoms with Crippen LogP contribution in [0.5, 0.6) is 0 Å². The number of aldehydes is 1. The highest BCUT2D eigenvalue weighted by molar-refractivity contribution is 5.51. The van der Waals surface area contributed by atoms with Gasteiger partial charge < -0.3 is 10.5 Å². The van der Waals surface area contributed by atoms with Crippen molar-refractivity contribution in [3.63, 3.8) is 0 Å². The van der Waals surface area contributed by atoms with E-state index < -0.39 is 0 Å². The Balaban J connectivity index is 2.85. The van der Waals surface area contributed by atoms with Crippen molar-refractivity contribution in [1.29, 1.82) is 0 Å². The van der Waals surface area contributed by atoms with E-state index >= 15 is 0 Å². The van der Waals surface area contributed by atoms with E-state index in [9.17, 15) is 4.79 Å². The Hall–Kier alpha value is -0.790. The summed E-state index contributed by atoms with van der Waals surface area (Å²) in [7, 11) is 0. The van der Waals surface area contributed by atoms with Crippen LogP contribution in [0.4, 0.5) is 0 Å². The lowest BCUT2D eigenvalue weighted by Gasteiger charge is -1.66. The SMILES string of the molecule is NC=CCC=O. The molecule has 0 atom stereocenters. The molecule has 0 amide bonds. The second-order valence-corrected chi connectivity index (χ2v) is 0.831. The maximum atomic E-state index is 9.46. The summed E-state index contributed by atoms with van der Waals surface area (Å²) in [5, 5.41) is 0. The Morgan fingerprint density at radius 3 is 2.50 bits per heavy atom. The van der Waals surface area contributed by atoms with Gasteiger partial charge in [-0.1, -0.05) is 6.08 Å². The molecule has 2 N–H and O–H groups in total. The molecule has 0 saturated heterocycles. The molecule has 0 spiro atoms. The van der Waals surface area contributed by atoms with E-state index in [1.807, 2.05) is 0 Å². The van der Waals surface area contributed by atoms with Gasteiger partial charge in [0.25, 0.3) is 0 Å². The zero-order chi connectivity index (χ0) is 4.83. The van der Waals surface area contributed by atoms with Crippen molar-refractivity contribution in [3.8, 4) is 0 Å². The summed E-state index contributed by atoms with van der Waals surface area (Å²) in [6.45, 7) is 0. The van der Waals surface area contributed by atoms with Crippen molar-refractivity contribution in [2.75, 3.05) is 0 Å². The summed E-state index contributed by atoms with van der Waals surface area (Å²) in [6.07, 6.45) is 4.17. The van der Waals surface area contributed by atoms with Crippen LogP contribution in [0.25, 0.3) is 0 Å². The molecule has 0 saturated carbocycles. The van der Waals surface area contributed by atoms with Crippen LogP contribution in [0.3, 0.4) is 0 Å².